The molecule has 1 aromatic carbocycles. The Labute approximate surface area is 169 Å². The van der Waals surface area contributed by atoms with Crippen LogP contribution in [0.15, 0.2) is 18.2 Å². The van der Waals surface area contributed by atoms with Crippen LogP contribution in [0.2, 0.25) is 0 Å². The van der Waals surface area contributed by atoms with Crippen LogP contribution in [0.4, 0.5) is 9.18 Å². The van der Waals surface area contributed by atoms with Gasteiger partial charge in [-0.2, -0.15) is 9.78 Å². The number of nitrogens with zero attached hydrogens (tertiary/aromatic N) is 4. The molecule has 4 rings (SSSR count). The van der Waals surface area contributed by atoms with Crippen LogP contribution in [-0.4, -0.2) is 70.9 Å². The Hall–Kier alpha value is -2.48. The van der Waals surface area contributed by atoms with E-state index in [0.29, 0.717) is 11.6 Å². The summed E-state index contributed by atoms with van der Waals surface area (Å²) in [5, 5.41) is 5.42. The zero-order chi connectivity index (χ0) is 20.5. The van der Waals surface area contributed by atoms with E-state index in [-0.39, 0.29) is 23.7 Å². The highest BCUT2D eigenvalue weighted by atomic mass is 19.1. The first-order valence-electron chi connectivity index (χ1n) is 10.2. The highest BCUT2D eigenvalue weighted by molar-refractivity contribution is 5.91. The number of hydrogen-bond acceptors (Lipinski definition) is 5. The van der Waals surface area contributed by atoms with Crippen molar-refractivity contribution < 1.29 is 18.7 Å². The molecule has 1 amide bonds. The molecule has 0 radical (unpaired) electrons. The topological polar surface area (TPSA) is 67.7 Å². The van der Waals surface area contributed by atoms with Gasteiger partial charge in [0.15, 0.2) is 0 Å². The van der Waals surface area contributed by atoms with Crippen LogP contribution in [0.1, 0.15) is 49.0 Å². The van der Waals surface area contributed by atoms with Gasteiger partial charge in [0.2, 0.25) is 5.91 Å². The fraction of sp³-hybridized carbons (Fsp3) is 0.571. The maximum Gasteiger partial charge on any atom is 0.409 e. The summed E-state index contributed by atoms with van der Waals surface area (Å²) in [4.78, 5) is 27.9. The minimum atomic E-state index is -0.362. The molecule has 2 aliphatic rings. The van der Waals surface area contributed by atoms with E-state index in [0.717, 1.165) is 62.9 Å². The summed E-state index contributed by atoms with van der Waals surface area (Å²) in [6, 6.07) is 5.04. The molecule has 1 aromatic heterocycles. The number of benzene rings is 1. The number of hydrogen-bond donors (Lipinski definition) is 0. The Morgan fingerprint density at radius 3 is 2.41 bits per heavy atom. The second-order valence-electron chi connectivity index (χ2n) is 7.98. The van der Waals surface area contributed by atoms with Gasteiger partial charge in [-0.1, -0.05) is 0 Å². The number of amides is 1. The maximum absolute atomic E-state index is 13.7. The van der Waals surface area contributed by atoms with Crippen LogP contribution < -0.4 is 0 Å². The van der Waals surface area contributed by atoms with Gasteiger partial charge < -0.3 is 14.5 Å². The largest absolute Gasteiger partial charge is 0.453 e. The highest BCUT2D eigenvalue weighted by Crippen LogP contribution is 2.34. The molecule has 2 saturated heterocycles. The van der Waals surface area contributed by atoms with E-state index in [1.165, 1.54) is 30.8 Å². The lowest BCUT2D eigenvalue weighted by molar-refractivity contribution is 0.0732. The molecule has 7 nitrogen and oxygen atoms in total. The fourth-order valence-corrected chi connectivity index (χ4v) is 4.73. The lowest BCUT2D eigenvalue weighted by Gasteiger charge is -2.41. The van der Waals surface area contributed by atoms with Crippen molar-refractivity contribution in [1.82, 2.24) is 19.6 Å². The number of likely N-dealkylation sites (tertiary alicyclic amines) is 2. The number of ether oxygens (including phenoxy) is 1. The van der Waals surface area contributed by atoms with Gasteiger partial charge in [-0.05, 0) is 50.9 Å². The highest BCUT2D eigenvalue weighted by Gasteiger charge is 2.32. The SMILES string of the molecule is COC(=O)N1CCC(N2CCC(c3nn(C(C)=O)c4cc(F)ccc34)CC2)CC1. The molecular formula is C21H27FN4O3. The summed E-state index contributed by atoms with van der Waals surface area (Å²) in [6.07, 6.45) is 3.59. The average molecular weight is 402 g/mol. The molecule has 0 atom stereocenters. The predicted octanol–water partition coefficient (Wildman–Crippen LogP) is 3.25. The quantitative estimate of drug-likeness (QED) is 0.771. The number of halogens is 1. The van der Waals surface area contributed by atoms with Crippen LogP contribution in [0, 0.1) is 5.82 Å². The van der Waals surface area contributed by atoms with Crippen molar-refractivity contribution in [2.45, 2.75) is 44.6 Å². The zero-order valence-electron chi connectivity index (χ0n) is 16.9. The van der Waals surface area contributed by atoms with Gasteiger partial charge in [0.05, 0.1) is 18.3 Å². The Balaban J connectivity index is 1.43. The van der Waals surface area contributed by atoms with Gasteiger partial charge in [0, 0.05) is 43.4 Å². The second kappa shape index (κ2) is 8.10. The van der Waals surface area contributed by atoms with E-state index in [1.54, 1.807) is 11.0 Å². The molecule has 8 heteroatoms. The van der Waals surface area contributed by atoms with Gasteiger partial charge in [-0.25, -0.2) is 9.18 Å². The summed E-state index contributed by atoms with van der Waals surface area (Å²) in [7, 11) is 1.42. The average Bonchev–Trinajstić information content (AvgIpc) is 3.12. The van der Waals surface area contributed by atoms with Crippen molar-refractivity contribution in [1.29, 1.82) is 0 Å². The van der Waals surface area contributed by atoms with Gasteiger partial charge in [-0.3, -0.25) is 4.79 Å². The van der Waals surface area contributed by atoms with Gasteiger partial charge in [-0.15, -0.1) is 0 Å². The molecular weight excluding hydrogens is 375 g/mol. The molecule has 2 aromatic rings. The summed E-state index contributed by atoms with van der Waals surface area (Å²) in [6.45, 7) is 4.84. The Bertz CT molecular complexity index is 912. The molecule has 2 fully saturated rings. The molecule has 0 N–H and O–H groups in total. The lowest BCUT2D eigenvalue weighted by atomic mass is 9.90. The molecule has 0 bridgehead atoms. The van der Waals surface area contributed by atoms with Gasteiger partial charge in [0.25, 0.3) is 0 Å². The lowest BCUT2D eigenvalue weighted by Crippen LogP contribution is -2.48. The number of aromatic nitrogens is 2. The van der Waals surface area contributed by atoms with Crippen molar-refractivity contribution in [3.63, 3.8) is 0 Å². The molecule has 0 aliphatic carbocycles. The summed E-state index contributed by atoms with van der Waals surface area (Å²) in [5.74, 6) is -0.309. The number of rotatable bonds is 2. The van der Waals surface area contributed by atoms with E-state index >= 15 is 0 Å². The fourth-order valence-electron chi connectivity index (χ4n) is 4.73. The second-order valence-corrected chi connectivity index (χ2v) is 7.98. The maximum atomic E-state index is 13.7. The standard InChI is InChI=1S/C21H27FN4O3/c1-14(27)26-19-13-16(22)3-4-18(19)20(23-26)15-5-9-24(10-6-15)17-7-11-25(12-8-17)21(28)29-2/h3-4,13,15,17H,5-12H2,1-2H3. The number of carbonyl (C=O) groups is 2. The van der Waals surface area contributed by atoms with Crippen LogP contribution in [0.25, 0.3) is 10.9 Å². The first kappa shape index (κ1) is 19.8. The Morgan fingerprint density at radius 1 is 1.10 bits per heavy atom. The third-order valence-electron chi connectivity index (χ3n) is 6.30. The smallest absolute Gasteiger partial charge is 0.409 e. The van der Waals surface area contributed by atoms with Crippen molar-refractivity contribution in [3.05, 3.63) is 29.7 Å². The van der Waals surface area contributed by atoms with E-state index < -0.39 is 0 Å². The van der Waals surface area contributed by atoms with Crippen LogP contribution in [-0.2, 0) is 4.74 Å². The molecule has 0 saturated carbocycles. The summed E-state index contributed by atoms with van der Waals surface area (Å²) >= 11 is 0. The third kappa shape index (κ3) is 3.85. The van der Waals surface area contributed by atoms with Crippen LogP contribution >= 0.6 is 0 Å². The van der Waals surface area contributed by atoms with Crippen LogP contribution in [0.5, 0.6) is 0 Å². The molecule has 29 heavy (non-hydrogen) atoms. The minimum Gasteiger partial charge on any atom is -0.453 e. The number of fused-ring (bicyclic) bond motifs is 1. The first-order chi connectivity index (χ1) is 14.0. The molecule has 0 spiro atoms. The van der Waals surface area contributed by atoms with Crippen molar-refractivity contribution in [3.8, 4) is 0 Å². The van der Waals surface area contributed by atoms with Crippen LogP contribution in [0.3, 0.4) is 0 Å². The van der Waals surface area contributed by atoms with Gasteiger partial charge in [0.1, 0.15) is 5.82 Å². The molecule has 3 heterocycles. The van der Waals surface area contributed by atoms with E-state index in [1.807, 2.05) is 0 Å². The molecule has 156 valence electrons. The van der Waals surface area contributed by atoms with E-state index in [2.05, 4.69) is 10.00 Å². The van der Waals surface area contributed by atoms with Crippen molar-refractivity contribution >= 4 is 22.9 Å². The monoisotopic (exact) mass is 402 g/mol. The minimum absolute atomic E-state index is 0.207. The summed E-state index contributed by atoms with van der Waals surface area (Å²) < 4.78 is 19.8. The van der Waals surface area contributed by atoms with E-state index in [9.17, 15) is 14.0 Å². The third-order valence-corrected chi connectivity index (χ3v) is 6.30. The number of piperidine rings is 2. The number of methoxy groups -OCH3 is 1. The Kier molecular flexibility index (Phi) is 5.54. The van der Waals surface area contributed by atoms with Gasteiger partial charge >= 0.3 is 6.09 Å². The predicted molar refractivity (Wildman–Crippen MR) is 107 cm³/mol. The van der Waals surface area contributed by atoms with Crippen molar-refractivity contribution in [2.24, 2.45) is 0 Å². The molecule has 0 unspecified atom stereocenters. The normalized spacial score (nSPS) is 19.6. The molecule has 2 aliphatic heterocycles. The number of carbonyl (C=O) groups excluding carboxylic acids is 2. The Morgan fingerprint density at radius 2 is 1.79 bits per heavy atom. The summed E-state index contributed by atoms with van der Waals surface area (Å²) in [5.41, 5.74) is 1.44. The zero-order valence-corrected chi connectivity index (χ0v) is 16.9. The van der Waals surface area contributed by atoms with Crippen molar-refractivity contribution in [2.75, 3.05) is 33.3 Å². The van der Waals surface area contributed by atoms with E-state index in [4.69, 9.17) is 4.74 Å². The first-order valence-corrected chi connectivity index (χ1v) is 10.2.